The smallest absolute Gasteiger partial charge is 0.147 e. The molecule has 1 N–H and O–H groups in total. The van der Waals surface area contributed by atoms with E-state index in [-0.39, 0.29) is 11.8 Å². The van der Waals surface area contributed by atoms with E-state index in [1.165, 1.54) is 5.56 Å². The number of aromatic nitrogens is 1. The fourth-order valence-corrected chi connectivity index (χ4v) is 2.71. The Bertz CT molecular complexity index is 855. The van der Waals surface area contributed by atoms with E-state index in [9.17, 15) is 5.11 Å². The Balaban J connectivity index is 1.93. The third-order valence-electron chi connectivity index (χ3n) is 4.07. The summed E-state index contributed by atoms with van der Waals surface area (Å²) in [6, 6.07) is 15.7. The van der Waals surface area contributed by atoms with E-state index < -0.39 is 0 Å². The van der Waals surface area contributed by atoms with Gasteiger partial charge in [-0.25, -0.2) is 0 Å². The second kappa shape index (κ2) is 6.61. The van der Waals surface area contributed by atoms with Gasteiger partial charge >= 0.3 is 0 Å². The van der Waals surface area contributed by atoms with Gasteiger partial charge in [0.1, 0.15) is 11.4 Å². The summed E-state index contributed by atoms with van der Waals surface area (Å²) in [5.74, 6) is 0.219. The Morgan fingerprint density at radius 3 is 2.70 bits per heavy atom. The predicted molar refractivity (Wildman–Crippen MR) is 95.2 cm³/mol. The van der Waals surface area contributed by atoms with Crippen molar-refractivity contribution >= 4 is 17.0 Å². The van der Waals surface area contributed by atoms with Crippen molar-refractivity contribution in [1.29, 1.82) is 0 Å². The molecule has 0 bridgehead atoms. The molecule has 0 saturated carbocycles. The molecule has 0 spiro atoms. The van der Waals surface area contributed by atoms with Crippen LogP contribution < -0.4 is 0 Å². The molecule has 1 atom stereocenters. The minimum atomic E-state index is -0.204. The summed E-state index contributed by atoms with van der Waals surface area (Å²) >= 11 is 0. The van der Waals surface area contributed by atoms with E-state index in [4.69, 9.17) is 0 Å². The van der Waals surface area contributed by atoms with Crippen molar-refractivity contribution in [2.75, 3.05) is 0 Å². The zero-order chi connectivity index (χ0) is 16.2. The summed E-state index contributed by atoms with van der Waals surface area (Å²) in [6.45, 7) is 4.08. The molecule has 0 aliphatic rings. The highest BCUT2D eigenvalue weighted by molar-refractivity contribution is 5.88. The van der Waals surface area contributed by atoms with Gasteiger partial charge in [0.2, 0.25) is 0 Å². The molecule has 2 aromatic carbocycles. The summed E-state index contributed by atoms with van der Waals surface area (Å²) in [6.07, 6.45) is 4.63. The molecule has 0 fully saturated rings. The molecule has 1 unspecified atom stereocenters. The molecule has 23 heavy (non-hydrogen) atoms. The lowest BCUT2D eigenvalue weighted by atomic mass is 10.1. The van der Waals surface area contributed by atoms with Crippen LogP contribution in [0.25, 0.3) is 10.8 Å². The second-order valence-electron chi connectivity index (χ2n) is 5.59. The van der Waals surface area contributed by atoms with Crippen molar-refractivity contribution in [2.24, 2.45) is 4.99 Å². The van der Waals surface area contributed by atoms with Crippen molar-refractivity contribution < 1.29 is 5.11 Å². The van der Waals surface area contributed by atoms with Crippen LogP contribution in [0.2, 0.25) is 0 Å². The van der Waals surface area contributed by atoms with E-state index in [1.807, 2.05) is 49.5 Å². The van der Waals surface area contributed by atoms with Crippen LogP contribution in [0.15, 0.2) is 59.7 Å². The number of fused-ring (bicyclic) bond motifs is 1. The van der Waals surface area contributed by atoms with Crippen molar-refractivity contribution in [3.63, 3.8) is 0 Å². The van der Waals surface area contributed by atoms with Crippen LogP contribution in [0.4, 0.5) is 0 Å². The van der Waals surface area contributed by atoms with Gasteiger partial charge in [-0.1, -0.05) is 55.5 Å². The monoisotopic (exact) mass is 304 g/mol. The first-order valence-electron chi connectivity index (χ1n) is 7.88. The van der Waals surface area contributed by atoms with Gasteiger partial charge in [0.05, 0.1) is 6.04 Å². The molecule has 0 saturated heterocycles. The highest BCUT2D eigenvalue weighted by Crippen LogP contribution is 2.31. The first-order valence-corrected chi connectivity index (χ1v) is 7.88. The zero-order valence-corrected chi connectivity index (χ0v) is 13.4. The summed E-state index contributed by atoms with van der Waals surface area (Å²) in [7, 11) is 0. The zero-order valence-electron chi connectivity index (χ0n) is 13.4. The number of benzene rings is 2. The molecule has 3 rings (SSSR count). The normalized spacial score (nSPS) is 12.8. The topological polar surface area (TPSA) is 45.5 Å². The van der Waals surface area contributed by atoms with E-state index >= 15 is 0 Å². The highest BCUT2D eigenvalue weighted by Gasteiger charge is 2.13. The summed E-state index contributed by atoms with van der Waals surface area (Å²) < 4.78 is 0. The fraction of sp³-hybridized carbons (Fsp3) is 0.200. The van der Waals surface area contributed by atoms with Gasteiger partial charge in [-0.15, -0.1) is 0 Å². The minimum absolute atomic E-state index is 0.204. The van der Waals surface area contributed by atoms with Crippen LogP contribution >= 0.6 is 0 Å². The fourth-order valence-electron chi connectivity index (χ4n) is 2.71. The first-order chi connectivity index (χ1) is 11.2. The van der Waals surface area contributed by atoms with Crippen LogP contribution in [-0.2, 0) is 6.42 Å². The number of hydrogen-bond donors (Lipinski definition) is 1. The molecular weight excluding hydrogens is 284 g/mol. The van der Waals surface area contributed by atoms with Gasteiger partial charge < -0.3 is 5.11 Å². The number of pyridine rings is 1. The number of aromatic hydroxyl groups is 1. The Hall–Kier alpha value is -2.68. The highest BCUT2D eigenvalue weighted by atomic mass is 16.3. The van der Waals surface area contributed by atoms with Gasteiger partial charge in [-0.05, 0) is 24.5 Å². The number of rotatable bonds is 4. The van der Waals surface area contributed by atoms with Gasteiger partial charge in [0.15, 0.2) is 0 Å². The van der Waals surface area contributed by atoms with Crippen LogP contribution in [0.1, 0.15) is 36.7 Å². The van der Waals surface area contributed by atoms with Gasteiger partial charge in [-0.2, -0.15) is 0 Å². The maximum Gasteiger partial charge on any atom is 0.147 e. The molecule has 3 nitrogen and oxygen atoms in total. The molecule has 0 amide bonds. The quantitative estimate of drug-likeness (QED) is 0.711. The Kier molecular flexibility index (Phi) is 4.38. The molecular formula is C20H20N2O. The van der Waals surface area contributed by atoms with E-state index in [2.05, 4.69) is 29.0 Å². The maximum absolute atomic E-state index is 10.5. The number of aryl methyl sites for hydroxylation is 1. The maximum atomic E-state index is 10.5. The third-order valence-corrected chi connectivity index (χ3v) is 4.07. The molecule has 3 heteroatoms. The Labute approximate surface area is 136 Å². The average Bonchev–Trinajstić information content (AvgIpc) is 2.60. The molecule has 1 aromatic heterocycles. The van der Waals surface area contributed by atoms with Crippen LogP contribution in [-0.4, -0.2) is 16.3 Å². The Morgan fingerprint density at radius 2 is 1.87 bits per heavy atom. The SMILES string of the molecule is CCc1ccccc1C=NC(C)c1ncc2ccccc2c1O. The van der Waals surface area contributed by atoms with Crippen molar-refractivity contribution in [2.45, 2.75) is 26.3 Å². The molecule has 116 valence electrons. The lowest BCUT2D eigenvalue weighted by molar-refractivity contribution is 0.465. The summed E-state index contributed by atoms with van der Waals surface area (Å²) in [4.78, 5) is 8.99. The van der Waals surface area contributed by atoms with Crippen molar-refractivity contribution in [3.8, 4) is 5.75 Å². The summed E-state index contributed by atoms with van der Waals surface area (Å²) in [5, 5.41) is 12.2. The second-order valence-corrected chi connectivity index (χ2v) is 5.59. The van der Waals surface area contributed by atoms with Crippen LogP contribution in [0.5, 0.6) is 5.75 Å². The van der Waals surface area contributed by atoms with Gasteiger partial charge in [0.25, 0.3) is 0 Å². The molecule has 0 radical (unpaired) electrons. The summed E-state index contributed by atoms with van der Waals surface area (Å²) in [5.41, 5.74) is 2.98. The lowest BCUT2D eigenvalue weighted by Crippen LogP contribution is -1.97. The van der Waals surface area contributed by atoms with Gasteiger partial charge in [0, 0.05) is 23.2 Å². The predicted octanol–water partition coefficient (Wildman–Crippen LogP) is 4.68. The third kappa shape index (κ3) is 3.09. The largest absolute Gasteiger partial charge is 0.505 e. The lowest BCUT2D eigenvalue weighted by Gasteiger charge is -2.11. The van der Waals surface area contributed by atoms with Crippen LogP contribution in [0, 0.1) is 0 Å². The standard InChI is InChI=1S/C20H20N2O/c1-3-15-8-4-5-9-16(15)12-21-14(2)19-20(23)18-11-7-6-10-17(18)13-22-19/h4-14,23H,3H2,1-2H3. The number of hydrogen-bond acceptors (Lipinski definition) is 3. The number of nitrogens with zero attached hydrogens (tertiary/aromatic N) is 2. The molecule has 0 aliphatic heterocycles. The van der Waals surface area contributed by atoms with E-state index in [1.54, 1.807) is 6.20 Å². The van der Waals surface area contributed by atoms with Crippen molar-refractivity contribution in [3.05, 3.63) is 71.5 Å². The number of aliphatic imine (C=N–C) groups is 1. The van der Waals surface area contributed by atoms with E-state index in [0.29, 0.717) is 5.69 Å². The van der Waals surface area contributed by atoms with Gasteiger partial charge in [-0.3, -0.25) is 9.98 Å². The molecule has 0 aliphatic carbocycles. The van der Waals surface area contributed by atoms with E-state index in [0.717, 1.165) is 22.8 Å². The minimum Gasteiger partial charge on any atom is -0.505 e. The van der Waals surface area contributed by atoms with Crippen molar-refractivity contribution in [1.82, 2.24) is 4.98 Å². The first kappa shape index (κ1) is 15.2. The molecule has 3 aromatic rings. The van der Waals surface area contributed by atoms with Crippen LogP contribution in [0.3, 0.4) is 0 Å². The molecule has 1 heterocycles. The Morgan fingerprint density at radius 1 is 1.13 bits per heavy atom. The average molecular weight is 304 g/mol.